The van der Waals surface area contributed by atoms with Gasteiger partial charge in [0, 0.05) is 13.1 Å². The summed E-state index contributed by atoms with van der Waals surface area (Å²) >= 11 is 0. The molecule has 0 aliphatic carbocycles. The van der Waals surface area contributed by atoms with Crippen molar-refractivity contribution in [3.05, 3.63) is 6.33 Å². The van der Waals surface area contributed by atoms with Crippen LogP contribution < -0.4 is 4.90 Å². The zero-order chi connectivity index (χ0) is 12.5. The molecule has 0 N–H and O–H groups in total. The number of hydrogen-bond acceptors (Lipinski definition) is 6. The van der Waals surface area contributed by atoms with Crippen LogP contribution in [0.5, 0.6) is 0 Å². The summed E-state index contributed by atoms with van der Waals surface area (Å²) in [5, 5.41) is 8.38. The maximum absolute atomic E-state index is 5.35. The third-order valence-corrected chi connectivity index (χ3v) is 3.04. The van der Waals surface area contributed by atoms with E-state index in [9.17, 15) is 0 Å². The Bertz CT molecular complexity index is 545. The topological polar surface area (TPSA) is 69.0 Å². The molecule has 0 amide bonds. The van der Waals surface area contributed by atoms with E-state index in [2.05, 4.69) is 39.0 Å². The predicted octanol–water partition coefficient (Wildman–Crippen LogP) is 0.639. The summed E-state index contributed by atoms with van der Waals surface area (Å²) in [6.45, 7) is 7.24. The SMILES string of the molecule is CC(C)n1nnc2c(N3CCOCC3)ncnc21. The molecule has 96 valence electrons. The number of morpholine rings is 1. The molecule has 0 saturated carbocycles. The highest BCUT2D eigenvalue weighted by Crippen LogP contribution is 2.22. The molecular weight excluding hydrogens is 232 g/mol. The van der Waals surface area contributed by atoms with Crippen LogP contribution in [0.4, 0.5) is 5.82 Å². The van der Waals surface area contributed by atoms with E-state index in [4.69, 9.17) is 4.74 Å². The Balaban J connectivity index is 2.07. The minimum absolute atomic E-state index is 0.238. The molecule has 0 spiro atoms. The molecule has 1 fully saturated rings. The summed E-state index contributed by atoms with van der Waals surface area (Å²) in [6, 6.07) is 0.238. The number of anilines is 1. The number of nitrogens with zero attached hydrogens (tertiary/aromatic N) is 6. The van der Waals surface area contributed by atoms with E-state index in [0.717, 1.165) is 43.3 Å². The number of ether oxygens (including phenoxy) is 1. The molecule has 2 aromatic rings. The van der Waals surface area contributed by atoms with E-state index in [0.29, 0.717) is 0 Å². The van der Waals surface area contributed by atoms with Gasteiger partial charge in [-0.25, -0.2) is 14.6 Å². The fourth-order valence-electron chi connectivity index (χ4n) is 2.11. The third-order valence-electron chi connectivity index (χ3n) is 3.04. The van der Waals surface area contributed by atoms with E-state index in [1.54, 1.807) is 6.33 Å². The lowest BCUT2D eigenvalue weighted by atomic mass is 10.3. The van der Waals surface area contributed by atoms with E-state index >= 15 is 0 Å². The highest BCUT2D eigenvalue weighted by molar-refractivity contribution is 5.82. The van der Waals surface area contributed by atoms with Crippen LogP contribution >= 0.6 is 0 Å². The molecule has 1 aliphatic heterocycles. The molecule has 2 aromatic heterocycles. The van der Waals surface area contributed by atoms with Gasteiger partial charge in [-0.1, -0.05) is 5.21 Å². The van der Waals surface area contributed by atoms with Crippen molar-refractivity contribution >= 4 is 17.0 Å². The molecule has 0 aromatic carbocycles. The van der Waals surface area contributed by atoms with Crippen molar-refractivity contribution in [3.63, 3.8) is 0 Å². The van der Waals surface area contributed by atoms with Crippen molar-refractivity contribution in [2.24, 2.45) is 0 Å². The zero-order valence-corrected chi connectivity index (χ0v) is 10.6. The fraction of sp³-hybridized carbons (Fsp3) is 0.636. The smallest absolute Gasteiger partial charge is 0.184 e. The lowest BCUT2D eigenvalue weighted by Gasteiger charge is -2.27. The van der Waals surface area contributed by atoms with Crippen LogP contribution in [0.1, 0.15) is 19.9 Å². The Morgan fingerprint density at radius 2 is 2.00 bits per heavy atom. The van der Waals surface area contributed by atoms with Gasteiger partial charge in [0.2, 0.25) is 0 Å². The van der Waals surface area contributed by atoms with Crippen molar-refractivity contribution in [2.45, 2.75) is 19.9 Å². The third kappa shape index (κ3) is 1.80. The summed E-state index contributed by atoms with van der Waals surface area (Å²) in [5.74, 6) is 0.857. The standard InChI is InChI=1S/C11H16N6O/c1-8(2)17-11-9(14-15-17)10(12-7-13-11)16-3-5-18-6-4-16/h7-8H,3-6H2,1-2H3. The van der Waals surface area contributed by atoms with E-state index in [1.165, 1.54) is 0 Å². The van der Waals surface area contributed by atoms with Crippen molar-refractivity contribution in [3.8, 4) is 0 Å². The molecule has 1 saturated heterocycles. The van der Waals surface area contributed by atoms with Crippen LogP contribution in [-0.2, 0) is 4.74 Å². The van der Waals surface area contributed by atoms with Gasteiger partial charge in [0.15, 0.2) is 17.0 Å². The van der Waals surface area contributed by atoms with Crippen LogP contribution in [0, 0.1) is 0 Å². The second kappa shape index (κ2) is 4.49. The van der Waals surface area contributed by atoms with E-state index < -0.39 is 0 Å². The Labute approximate surface area is 105 Å². The van der Waals surface area contributed by atoms with Crippen molar-refractivity contribution in [2.75, 3.05) is 31.2 Å². The molecule has 0 atom stereocenters. The quantitative estimate of drug-likeness (QED) is 0.776. The Morgan fingerprint density at radius 3 is 2.72 bits per heavy atom. The number of aromatic nitrogens is 5. The molecule has 3 rings (SSSR count). The van der Waals surface area contributed by atoms with Gasteiger partial charge in [-0.3, -0.25) is 0 Å². The van der Waals surface area contributed by atoms with Gasteiger partial charge in [-0.05, 0) is 13.8 Å². The summed E-state index contributed by atoms with van der Waals surface area (Å²) in [6.07, 6.45) is 1.58. The molecule has 0 radical (unpaired) electrons. The largest absolute Gasteiger partial charge is 0.378 e. The van der Waals surface area contributed by atoms with Crippen molar-refractivity contribution in [1.29, 1.82) is 0 Å². The van der Waals surface area contributed by atoms with Gasteiger partial charge in [-0.2, -0.15) is 0 Å². The first kappa shape index (κ1) is 11.3. The van der Waals surface area contributed by atoms with Crippen LogP contribution in [0.2, 0.25) is 0 Å². The first-order valence-electron chi connectivity index (χ1n) is 6.16. The first-order chi connectivity index (χ1) is 8.77. The van der Waals surface area contributed by atoms with Gasteiger partial charge in [0.05, 0.1) is 19.3 Å². The van der Waals surface area contributed by atoms with Crippen molar-refractivity contribution in [1.82, 2.24) is 25.0 Å². The highest BCUT2D eigenvalue weighted by atomic mass is 16.5. The average molecular weight is 248 g/mol. The lowest BCUT2D eigenvalue weighted by molar-refractivity contribution is 0.122. The van der Waals surface area contributed by atoms with Crippen LogP contribution in [0.25, 0.3) is 11.2 Å². The summed E-state index contributed by atoms with van der Waals surface area (Å²) in [7, 11) is 0. The van der Waals surface area contributed by atoms with Gasteiger partial charge < -0.3 is 9.64 Å². The summed E-state index contributed by atoms with van der Waals surface area (Å²) in [5.41, 5.74) is 1.56. The monoisotopic (exact) mass is 248 g/mol. The van der Waals surface area contributed by atoms with Crippen LogP contribution in [-0.4, -0.2) is 51.3 Å². The highest BCUT2D eigenvalue weighted by Gasteiger charge is 2.19. The second-order valence-electron chi connectivity index (χ2n) is 4.60. The van der Waals surface area contributed by atoms with E-state index in [1.807, 2.05) is 4.68 Å². The number of rotatable bonds is 2. The van der Waals surface area contributed by atoms with Gasteiger partial charge in [-0.15, -0.1) is 5.10 Å². The van der Waals surface area contributed by atoms with E-state index in [-0.39, 0.29) is 6.04 Å². The van der Waals surface area contributed by atoms with Gasteiger partial charge in [0.25, 0.3) is 0 Å². The molecule has 3 heterocycles. The molecule has 0 unspecified atom stereocenters. The second-order valence-corrected chi connectivity index (χ2v) is 4.60. The molecule has 18 heavy (non-hydrogen) atoms. The maximum atomic E-state index is 5.35. The van der Waals surface area contributed by atoms with Crippen molar-refractivity contribution < 1.29 is 4.74 Å². The summed E-state index contributed by atoms with van der Waals surface area (Å²) < 4.78 is 7.17. The Morgan fingerprint density at radius 1 is 1.22 bits per heavy atom. The lowest BCUT2D eigenvalue weighted by Crippen LogP contribution is -2.37. The molecule has 1 aliphatic rings. The molecular formula is C11H16N6O. The predicted molar refractivity (Wildman–Crippen MR) is 66.5 cm³/mol. The minimum Gasteiger partial charge on any atom is -0.378 e. The van der Waals surface area contributed by atoms with Gasteiger partial charge in [0.1, 0.15) is 6.33 Å². The minimum atomic E-state index is 0.238. The van der Waals surface area contributed by atoms with Gasteiger partial charge >= 0.3 is 0 Å². The van der Waals surface area contributed by atoms with Crippen LogP contribution in [0.15, 0.2) is 6.33 Å². The normalized spacial score (nSPS) is 16.7. The number of hydrogen-bond donors (Lipinski definition) is 0. The first-order valence-corrected chi connectivity index (χ1v) is 6.16. The number of fused-ring (bicyclic) bond motifs is 1. The Hall–Kier alpha value is -1.76. The molecule has 7 heteroatoms. The van der Waals surface area contributed by atoms with Crippen LogP contribution in [0.3, 0.4) is 0 Å². The Kier molecular flexibility index (Phi) is 2.83. The zero-order valence-electron chi connectivity index (χ0n) is 10.6. The summed E-state index contributed by atoms with van der Waals surface area (Å²) in [4.78, 5) is 10.8. The maximum Gasteiger partial charge on any atom is 0.184 e. The molecule has 0 bridgehead atoms. The average Bonchev–Trinajstić information content (AvgIpc) is 2.83. The molecule has 7 nitrogen and oxygen atoms in total. The fourth-order valence-corrected chi connectivity index (χ4v) is 2.11.